The van der Waals surface area contributed by atoms with E-state index in [1.54, 1.807) is 24.3 Å². The Morgan fingerprint density at radius 3 is 2.20 bits per heavy atom. The predicted molar refractivity (Wildman–Crippen MR) is 184 cm³/mol. The van der Waals surface area contributed by atoms with Crippen LogP contribution in [0, 0.1) is 6.92 Å². The summed E-state index contributed by atoms with van der Waals surface area (Å²) in [7, 11) is 0. The van der Waals surface area contributed by atoms with Crippen LogP contribution in [0.5, 0.6) is 11.5 Å². The smallest absolute Gasteiger partial charge is 0.418 e. The second-order valence-electron chi connectivity index (χ2n) is 12.0. The normalized spacial score (nSPS) is 12.8. The van der Waals surface area contributed by atoms with Gasteiger partial charge in [-0.1, -0.05) is 35.9 Å². The van der Waals surface area contributed by atoms with Gasteiger partial charge in [0.15, 0.2) is 5.43 Å². The molecule has 5 aromatic carbocycles. The molecule has 1 N–H and O–H groups in total. The Labute approximate surface area is 283 Å². The fraction of sp³-hybridized carbons (Fsp3) is 0.128. The lowest BCUT2D eigenvalue weighted by atomic mass is 10.1. The minimum absolute atomic E-state index is 0.0156. The van der Waals surface area contributed by atoms with E-state index in [1.807, 2.05) is 49.4 Å². The number of aryl methyl sites for hydroxylation is 2. The average molecular weight is 676 g/mol. The third kappa shape index (κ3) is 5.98. The second kappa shape index (κ2) is 12.7. The zero-order chi connectivity index (χ0) is 35.2. The van der Waals surface area contributed by atoms with Crippen LogP contribution in [0.3, 0.4) is 0 Å². The van der Waals surface area contributed by atoms with E-state index in [2.05, 4.69) is 9.88 Å². The number of halogens is 3. The molecule has 0 saturated heterocycles. The topological polar surface area (TPSA) is 97.7 Å². The lowest BCUT2D eigenvalue weighted by Gasteiger charge is -2.19. The summed E-state index contributed by atoms with van der Waals surface area (Å²) in [4.78, 5) is 52.7. The summed E-state index contributed by atoms with van der Waals surface area (Å²) in [5.74, 6) is -1.37. The van der Waals surface area contributed by atoms with E-state index in [0.29, 0.717) is 40.1 Å². The van der Waals surface area contributed by atoms with Crippen LogP contribution in [0.15, 0.2) is 114 Å². The molecule has 0 spiro atoms. The van der Waals surface area contributed by atoms with E-state index in [-0.39, 0.29) is 34.6 Å². The van der Waals surface area contributed by atoms with E-state index >= 15 is 0 Å². The zero-order valence-corrected chi connectivity index (χ0v) is 26.6. The van der Waals surface area contributed by atoms with Gasteiger partial charge in [-0.05, 0) is 92.2 Å². The van der Waals surface area contributed by atoms with E-state index in [4.69, 9.17) is 4.74 Å². The quantitative estimate of drug-likeness (QED) is 0.129. The number of rotatable bonds is 8. The molecule has 11 heteroatoms. The molecule has 0 radical (unpaired) electrons. The first-order chi connectivity index (χ1) is 24.0. The molecule has 6 aromatic rings. The molecule has 0 fully saturated rings. The number of aromatic nitrogens is 1. The van der Waals surface area contributed by atoms with E-state index in [9.17, 15) is 32.3 Å². The number of fused-ring (bicyclic) bond motifs is 3. The van der Waals surface area contributed by atoms with Crippen molar-refractivity contribution < 1.29 is 32.3 Å². The van der Waals surface area contributed by atoms with Gasteiger partial charge in [-0.3, -0.25) is 19.2 Å². The molecule has 1 aliphatic rings. The van der Waals surface area contributed by atoms with Crippen molar-refractivity contribution in [2.45, 2.75) is 32.5 Å². The molecule has 0 bridgehead atoms. The minimum Gasteiger partial charge on any atom is -0.457 e. The molecule has 0 atom stereocenters. The zero-order valence-electron chi connectivity index (χ0n) is 26.6. The molecule has 3 amide bonds. The number of pyridine rings is 1. The van der Waals surface area contributed by atoms with Gasteiger partial charge in [0.25, 0.3) is 11.8 Å². The first-order valence-electron chi connectivity index (χ1n) is 15.8. The third-order valence-corrected chi connectivity index (χ3v) is 8.59. The summed E-state index contributed by atoms with van der Waals surface area (Å²) in [5.41, 5.74) is 1.40. The third-order valence-electron chi connectivity index (χ3n) is 8.59. The number of anilines is 2. The van der Waals surface area contributed by atoms with Crippen LogP contribution in [0.2, 0.25) is 0 Å². The highest BCUT2D eigenvalue weighted by atomic mass is 19.4. The molecule has 8 nitrogen and oxygen atoms in total. The van der Waals surface area contributed by atoms with Gasteiger partial charge in [0.1, 0.15) is 11.5 Å². The Hall–Kier alpha value is -6.23. The summed E-state index contributed by atoms with van der Waals surface area (Å²) >= 11 is 0. The fourth-order valence-corrected chi connectivity index (χ4v) is 6.26. The number of ether oxygens (including phenoxy) is 1. The minimum atomic E-state index is -4.76. The van der Waals surface area contributed by atoms with Crippen molar-refractivity contribution in [1.82, 2.24) is 4.57 Å². The number of alkyl halides is 3. The average Bonchev–Trinajstić information content (AvgIpc) is 3.35. The van der Waals surface area contributed by atoms with Crippen LogP contribution in [0.4, 0.5) is 24.5 Å². The van der Waals surface area contributed by atoms with E-state index in [0.717, 1.165) is 28.7 Å². The summed E-state index contributed by atoms with van der Waals surface area (Å²) in [5, 5.41) is 4.14. The Morgan fingerprint density at radius 1 is 0.740 bits per heavy atom. The SMILES string of the molecule is Cc1ccc2c(c1)c(=O)c1ccccc1n2CCCC(=O)Nc1ccc(Oc2ccc3c(c2)C(=O)N(c2ccccc2C(F)(F)F)C3=O)cc1. The number of imide groups is 1. The maximum atomic E-state index is 13.6. The number of benzene rings is 5. The lowest BCUT2D eigenvalue weighted by Crippen LogP contribution is -2.31. The number of para-hydroxylation sites is 2. The van der Waals surface area contributed by atoms with Gasteiger partial charge in [0, 0.05) is 29.4 Å². The highest BCUT2D eigenvalue weighted by Crippen LogP contribution is 2.40. The predicted octanol–water partition coefficient (Wildman–Crippen LogP) is 8.49. The van der Waals surface area contributed by atoms with Crippen LogP contribution in [-0.2, 0) is 17.5 Å². The molecule has 0 aliphatic carbocycles. The van der Waals surface area contributed by atoms with Crippen LogP contribution in [-0.4, -0.2) is 22.3 Å². The molecule has 1 aliphatic heterocycles. The number of carbonyl (C=O) groups excluding carboxylic acids is 3. The number of carbonyl (C=O) groups is 3. The molecule has 7 rings (SSSR count). The van der Waals surface area contributed by atoms with Gasteiger partial charge in [-0.2, -0.15) is 13.2 Å². The first kappa shape index (κ1) is 32.3. The standard InChI is InChI=1S/C39H28F3N3O5/c1-23-12-19-33-30(21-23)36(47)28-7-2-4-9-32(28)44(33)20-6-11-35(46)43-24-13-15-25(16-14-24)50-26-17-18-27-29(22-26)38(49)45(37(27)48)34-10-5-3-8-31(34)39(40,41)42/h2-5,7-10,12-19,21-22H,6,11,20H2,1H3,(H,43,46). The van der Waals surface area contributed by atoms with Crippen molar-refractivity contribution in [1.29, 1.82) is 0 Å². The number of hydrogen-bond donors (Lipinski definition) is 1. The molecule has 0 saturated carbocycles. The second-order valence-corrected chi connectivity index (χ2v) is 12.0. The fourth-order valence-electron chi connectivity index (χ4n) is 6.26. The first-order valence-corrected chi connectivity index (χ1v) is 15.8. The van der Waals surface area contributed by atoms with Crippen molar-refractivity contribution in [3.8, 4) is 11.5 Å². The number of nitrogens with one attached hydrogen (secondary N) is 1. The summed E-state index contributed by atoms with van der Waals surface area (Å²) in [6.07, 6.45) is -4.00. The van der Waals surface area contributed by atoms with Gasteiger partial charge < -0.3 is 14.6 Å². The van der Waals surface area contributed by atoms with Crippen molar-refractivity contribution in [3.63, 3.8) is 0 Å². The number of hydrogen-bond acceptors (Lipinski definition) is 5. The Kier molecular flexibility index (Phi) is 8.19. The van der Waals surface area contributed by atoms with E-state index < -0.39 is 29.2 Å². The molecule has 0 unspecified atom stereocenters. The van der Waals surface area contributed by atoms with Crippen LogP contribution < -0.4 is 20.4 Å². The molecular weight excluding hydrogens is 647 g/mol. The molecule has 50 heavy (non-hydrogen) atoms. The summed E-state index contributed by atoms with van der Waals surface area (Å²) in [6.45, 7) is 2.47. The lowest BCUT2D eigenvalue weighted by molar-refractivity contribution is -0.137. The van der Waals surface area contributed by atoms with Crippen molar-refractivity contribution in [3.05, 3.63) is 142 Å². The highest BCUT2D eigenvalue weighted by molar-refractivity contribution is 6.34. The van der Waals surface area contributed by atoms with Crippen LogP contribution in [0.1, 0.15) is 44.7 Å². The molecule has 2 heterocycles. The Morgan fingerprint density at radius 2 is 1.42 bits per heavy atom. The molecule has 1 aromatic heterocycles. The Bertz CT molecular complexity index is 2400. The summed E-state index contributed by atoms with van der Waals surface area (Å²) in [6, 6.07) is 28.3. The van der Waals surface area contributed by atoms with Gasteiger partial charge in [0.2, 0.25) is 5.91 Å². The molecular formula is C39H28F3N3O5. The van der Waals surface area contributed by atoms with Crippen molar-refractivity contribution >= 4 is 50.9 Å². The highest BCUT2D eigenvalue weighted by Gasteiger charge is 2.42. The molecule has 250 valence electrons. The van der Waals surface area contributed by atoms with Gasteiger partial charge in [-0.15, -0.1) is 0 Å². The van der Waals surface area contributed by atoms with Gasteiger partial charge >= 0.3 is 6.18 Å². The maximum absolute atomic E-state index is 13.6. The Balaban J connectivity index is 0.998. The van der Waals surface area contributed by atoms with Gasteiger partial charge in [0.05, 0.1) is 33.4 Å². The van der Waals surface area contributed by atoms with Crippen molar-refractivity contribution in [2.75, 3.05) is 10.2 Å². The van der Waals surface area contributed by atoms with Gasteiger partial charge in [-0.25, -0.2) is 4.90 Å². The monoisotopic (exact) mass is 675 g/mol. The number of amides is 3. The van der Waals surface area contributed by atoms with E-state index in [1.165, 1.54) is 30.3 Å². The maximum Gasteiger partial charge on any atom is 0.418 e. The summed E-state index contributed by atoms with van der Waals surface area (Å²) < 4.78 is 48.8. The number of nitrogens with zero attached hydrogens (tertiary/aromatic N) is 2. The van der Waals surface area contributed by atoms with Crippen molar-refractivity contribution in [2.24, 2.45) is 0 Å². The largest absolute Gasteiger partial charge is 0.457 e. The van der Waals surface area contributed by atoms with Crippen LogP contribution >= 0.6 is 0 Å². The van der Waals surface area contributed by atoms with Crippen LogP contribution in [0.25, 0.3) is 21.8 Å².